The fraction of sp³-hybridized carbons (Fsp3) is 0.385. The largest absolute Gasteiger partial charge is 0.494 e. The van der Waals surface area contributed by atoms with Gasteiger partial charge in [-0.3, -0.25) is 5.84 Å². The second-order valence-electron chi connectivity index (χ2n) is 4.30. The molecule has 1 heterocycles. The third-order valence-electron chi connectivity index (χ3n) is 3.02. The lowest BCUT2D eigenvalue weighted by atomic mass is 10.0. The van der Waals surface area contributed by atoms with E-state index in [-0.39, 0.29) is 5.75 Å². The highest BCUT2D eigenvalue weighted by Gasteiger charge is 2.24. The number of aryl methyl sites for hydroxylation is 1. The molecule has 3 N–H and O–H groups in total. The first-order chi connectivity index (χ1) is 9.72. The van der Waals surface area contributed by atoms with E-state index in [0.29, 0.717) is 5.56 Å². The highest BCUT2D eigenvalue weighted by Crippen LogP contribution is 2.32. The molecule has 1 atom stereocenters. The lowest BCUT2D eigenvalue weighted by molar-refractivity contribution is 0.382. The molecule has 0 aliphatic heterocycles. The normalized spacial score (nSPS) is 12.4. The van der Waals surface area contributed by atoms with Crippen LogP contribution in [0, 0.1) is 5.82 Å². The number of benzene rings is 1. The summed E-state index contributed by atoms with van der Waals surface area (Å²) in [6.07, 6.45) is 1.73. The van der Waals surface area contributed by atoms with E-state index in [1.165, 1.54) is 18.6 Å². The molecule has 1 aromatic heterocycles. The van der Waals surface area contributed by atoms with Crippen molar-refractivity contribution in [3.8, 4) is 5.75 Å². The zero-order valence-electron chi connectivity index (χ0n) is 11.4. The van der Waals surface area contributed by atoms with Crippen LogP contribution >= 0.6 is 11.5 Å². The molecule has 108 valence electrons. The van der Waals surface area contributed by atoms with Crippen molar-refractivity contribution >= 4 is 11.5 Å². The molecule has 0 bridgehead atoms. The van der Waals surface area contributed by atoms with E-state index < -0.39 is 11.9 Å². The summed E-state index contributed by atoms with van der Waals surface area (Å²) in [6.45, 7) is 2.06. The van der Waals surface area contributed by atoms with Gasteiger partial charge in [0.2, 0.25) is 0 Å². The van der Waals surface area contributed by atoms with Crippen LogP contribution in [0.5, 0.6) is 5.75 Å². The Balaban J connectivity index is 2.44. The minimum atomic E-state index is -0.480. The number of halogens is 1. The average Bonchev–Trinajstić information content (AvgIpc) is 2.90. The van der Waals surface area contributed by atoms with Gasteiger partial charge in [0.25, 0.3) is 0 Å². The van der Waals surface area contributed by atoms with Crippen molar-refractivity contribution < 1.29 is 9.13 Å². The van der Waals surface area contributed by atoms with Crippen LogP contribution in [0.4, 0.5) is 4.39 Å². The number of rotatable bonds is 6. The van der Waals surface area contributed by atoms with E-state index in [9.17, 15) is 4.39 Å². The number of aromatic nitrogens is 2. The first-order valence-corrected chi connectivity index (χ1v) is 7.09. The Morgan fingerprint density at radius 3 is 2.95 bits per heavy atom. The number of nitrogens with one attached hydrogen (secondary N) is 1. The molecule has 0 amide bonds. The summed E-state index contributed by atoms with van der Waals surface area (Å²) in [5, 5.41) is 4.09. The Morgan fingerprint density at radius 1 is 1.50 bits per heavy atom. The number of hydrazine groups is 1. The van der Waals surface area contributed by atoms with E-state index in [4.69, 9.17) is 10.6 Å². The SMILES string of the molecule is CCCc1nnsc1C(NN)c1cccc(OC)c1F. The van der Waals surface area contributed by atoms with Crippen molar-refractivity contribution in [1.82, 2.24) is 15.0 Å². The van der Waals surface area contributed by atoms with Crippen molar-refractivity contribution in [2.75, 3.05) is 7.11 Å². The zero-order chi connectivity index (χ0) is 14.5. The smallest absolute Gasteiger partial charge is 0.170 e. The topological polar surface area (TPSA) is 73.1 Å². The van der Waals surface area contributed by atoms with Crippen molar-refractivity contribution in [2.24, 2.45) is 5.84 Å². The predicted molar refractivity (Wildman–Crippen MR) is 76.0 cm³/mol. The Bertz CT molecular complexity index is 575. The Kier molecular flexibility index (Phi) is 4.99. The van der Waals surface area contributed by atoms with E-state index in [1.807, 2.05) is 0 Å². The molecular formula is C13H17FN4OS. The fourth-order valence-electron chi connectivity index (χ4n) is 2.06. The van der Waals surface area contributed by atoms with Crippen molar-refractivity contribution in [1.29, 1.82) is 0 Å². The molecule has 5 nitrogen and oxygen atoms in total. The first-order valence-electron chi connectivity index (χ1n) is 6.32. The highest BCUT2D eigenvalue weighted by molar-refractivity contribution is 7.05. The molecule has 1 aromatic carbocycles. The average molecular weight is 296 g/mol. The van der Waals surface area contributed by atoms with E-state index >= 15 is 0 Å². The molecule has 0 aliphatic carbocycles. The second kappa shape index (κ2) is 6.74. The monoisotopic (exact) mass is 296 g/mol. The zero-order valence-corrected chi connectivity index (χ0v) is 12.2. The molecule has 1 unspecified atom stereocenters. The van der Waals surface area contributed by atoms with Gasteiger partial charge in [0.1, 0.15) is 0 Å². The Morgan fingerprint density at radius 2 is 2.30 bits per heavy atom. The standard InChI is InChI=1S/C13H17FN4OS/c1-3-5-9-13(20-18-17-9)12(16-15)8-6-4-7-10(19-2)11(8)14/h4,6-7,12,16H,3,5,15H2,1-2H3. The molecular weight excluding hydrogens is 279 g/mol. The number of hydrogen-bond acceptors (Lipinski definition) is 6. The van der Waals surface area contributed by atoms with Crippen molar-refractivity contribution in [3.63, 3.8) is 0 Å². The maximum absolute atomic E-state index is 14.4. The summed E-state index contributed by atoms with van der Waals surface area (Å²) < 4.78 is 23.3. The molecule has 2 aromatic rings. The molecule has 20 heavy (non-hydrogen) atoms. The lowest BCUT2D eigenvalue weighted by Gasteiger charge is -2.17. The van der Waals surface area contributed by atoms with Gasteiger partial charge in [0, 0.05) is 5.56 Å². The number of nitrogens with zero attached hydrogens (tertiary/aromatic N) is 2. The predicted octanol–water partition coefficient (Wildman–Crippen LogP) is 2.19. The van der Waals surface area contributed by atoms with E-state index in [2.05, 4.69) is 21.9 Å². The highest BCUT2D eigenvalue weighted by atomic mass is 32.1. The Hall–Kier alpha value is -1.57. The summed E-state index contributed by atoms with van der Waals surface area (Å²) in [7, 11) is 1.43. The maximum atomic E-state index is 14.4. The molecule has 0 aliphatic rings. The number of nitrogens with two attached hydrogens (primary N) is 1. The maximum Gasteiger partial charge on any atom is 0.170 e. The van der Waals surface area contributed by atoms with Gasteiger partial charge >= 0.3 is 0 Å². The first kappa shape index (κ1) is 14.8. The lowest BCUT2D eigenvalue weighted by Crippen LogP contribution is -2.29. The molecule has 0 radical (unpaired) electrons. The molecule has 7 heteroatoms. The van der Waals surface area contributed by atoms with Crippen LogP contribution in [0.25, 0.3) is 0 Å². The molecule has 0 saturated heterocycles. The molecule has 0 spiro atoms. The second-order valence-corrected chi connectivity index (χ2v) is 5.08. The van der Waals surface area contributed by atoms with Crippen LogP contribution < -0.4 is 16.0 Å². The van der Waals surface area contributed by atoms with Gasteiger partial charge in [-0.05, 0) is 24.0 Å². The quantitative estimate of drug-likeness (QED) is 0.631. The van der Waals surface area contributed by atoms with Crippen LogP contribution in [-0.2, 0) is 6.42 Å². The third kappa shape index (κ3) is 2.79. The summed E-state index contributed by atoms with van der Waals surface area (Å²) in [5.74, 6) is 5.38. The molecule has 0 saturated carbocycles. The summed E-state index contributed by atoms with van der Waals surface area (Å²) in [6, 6.07) is 4.50. The van der Waals surface area contributed by atoms with Crippen molar-refractivity contribution in [2.45, 2.75) is 25.8 Å². The fourth-order valence-corrected chi connectivity index (χ4v) is 2.84. The van der Waals surface area contributed by atoms with Crippen molar-refractivity contribution in [3.05, 3.63) is 40.2 Å². The minimum Gasteiger partial charge on any atom is -0.494 e. The van der Waals surface area contributed by atoms with Crippen LogP contribution in [-0.4, -0.2) is 16.7 Å². The van der Waals surface area contributed by atoms with Gasteiger partial charge < -0.3 is 4.74 Å². The Labute approximate surface area is 121 Å². The summed E-state index contributed by atoms with van der Waals surface area (Å²) >= 11 is 1.23. The summed E-state index contributed by atoms with van der Waals surface area (Å²) in [5.41, 5.74) is 3.92. The van der Waals surface area contributed by atoms with Crippen LogP contribution in [0.15, 0.2) is 18.2 Å². The van der Waals surface area contributed by atoms with Gasteiger partial charge in [-0.1, -0.05) is 30.0 Å². The van der Waals surface area contributed by atoms with E-state index in [1.54, 1.807) is 18.2 Å². The number of methoxy groups -OCH3 is 1. The number of hydrogen-bond donors (Lipinski definition) is 2. The van der Waals surface area contributed by atoms with Gasteiger partial charge in [-0.15, -0.1) is 5.10 Å². The van der Waals surface area contributed by atoms with Crippen LogP contribution in [0.1, 0.15) is 35.5 Å². The van der Waals surface area contributed by atoms with Crippen LogP contribution in [0.2, 0.25) is 0 Å². The molecule has 0 fully saturated rings. The minimum absolute atomic E-state index is 0.192. The molecule has 2 rings (SSSR count). The van der Waals surface area contributed by atoms with Gasteiger partial charge in [0.15, 0.2) is 11.6 Å². The van der Waals surface area contributed by atoms with Crippen LogP contribution in [0.3, 0.4) is 0 Å². The van der Waals surface area contributed by atoms with Gasteiger partial charge in [-0.2, -0.15) is 0 Å². The summed E-state index contributed by atoms with van der Waals surface area (Å²) in [4.78, 5) is 0.835. The van der Waals surface area contributed by atoms with Gasteiger partial charge in [0.05, 0.1) is 23.7 Å². The van der Waals surface area contributed by atoms with Gasteiger partial charge in [-0.25, -0.2) is 9.82 Å². The van der Waals surface area contributed by atoms with E-state index in [0.717, 1.165) is 23.4 Å². The number of ether oxygens (including phenoxy) is 1. The third-order valence-corrected chi connectivity index (χ3v) is 3.86.